The molecule has 0 bridgehead atoms. The summed E-state index contributed by atoms with van der Waals surface area (Å²) in [6.07, 6.45) is 6.82. The lowest BCUT2D eigenvalue weighted by Crippen LogP contribution is -2.43. The van der Waals surface area contributed by atoms with Crippen LogP contribution in [0.5, 0.6) is 0 Å². The molecule has 2 aliphatic rings. The fourth-order valence-corrected chi connectivity index (χ4v) is 3.97. The Balaban J connectivity index is 2.07. The van der Waals surface area contributed by atoms with E-state index in [1.165, 1.54) is 6.42 Å². The molecule has 0 saturated heterocycles. The summed E-state index contributed by atoms with van der Waals surface area (Å²) >= 11 is 12.2. The summed E-state index contributed by atoms with van der Waals surface area (Å²) in [6, 6.07) is 5.14. The van der Waals surface area contributed by atoms with Crippen LogP contribution in [0.1, 0.15) is 37.7 Å². The van der Waals surface area contributed by atoms with Gasteiger partial charge < -0.3 is 9.47 Å². The SMILES string of the molecule is COC1OC(=O)C(c2ccc(Cl)cc2Cl)=CC12CCCCC2. The van der Waals surface area contributed by atoms with Crippen LogP contribution in [0.25, 0.3) is 5.57 Å². The normalized spacial score (nSPS) is 24.0. The van der Waals surface area contributed by atoms with Gasteiger partial charge in [0, 0.05) is 17.7 Å². The van der Waals surface area contributed by atoms with E-state index in [2.05, 4.69) is 0 Å². The van der Waals surface area contributed by atoms with E-state index in [0.29, 0.717) is 21.2 Å². The number of hydrogen-bond acceptors (Lipinski definition) is 3. The van der Waals surface area contributed by atoms with Gasteiger partial charge in [0.05, 0.1) is 16.0 Å². The Hall–Kier alpha value is -1.03. The number of ether oxygens (including phenoxy) is 2. The zero-order valence-electron chi connectivity index (χ0n) is 12.4. The van der Waals surface area contributed by atoms with Crippen LogP contribution in [-0.4, -0.2) is 19.4 Å². The van der Waals surface area contributed by atoms with Crippen LogP contribution >= 0.6 is 23.2 Å². The van der Waals surface area contributed by atoms with E-state index in [9.17, 15) is 4.79 Å². The summed E-state index contributed by atoms with van der Waals surface area (Å²) in [5.74, 6) is -0.396. The molecule has 118 valence electrons. The fraction of sp³-hybridized carbons (Fsp3) is 0.471. The molecule has 22 heavy (non-hydrogen) atoms. The predicted octanol–water partition coefficient (Wildman–Crippen LogP) is 4.86. The van der Waals surface area contributed by atoms with E-state index >= 15 is 0 Å². The molecule has 1 spiro atoms. The van der Waals surface area contributed by atoms with E-state index in [1.54, 1.807) is 25.3 Å². The maximum Gasteiger partial charge on any atom is 0.340 e. The van der Waals surface area contributed by atoms with Crippen molar-refractivity contribution in [1.82, 2.24) is 0 Å². The number of carbonyl (C=O) groups excluding carboxylic acids is 1. The second-order valence-electron chi connectivity index (χ2n) is 5.95. The average molecular weight is 341 g/mol. The predicted molar refractivity (Wildman–Crippen MR) is 86.8 cm³/mol. The highest BCUT2D eigenvalue weighted by Crippen LogP contribution is 2.47. The quantitative estimate of drug-likeness (QED) is 0.721. The molecule has 0 radical (unpaired) electrons. The highest BCUT2D eigenvalue weighted by molar-refractivity contribution is 6.37. The number of benzene rings is 1. The van der Waals surface area contributed by atoms with Crippen LogP contribution in [-0.2, 0) is 14.3 Å². The number of cyclic esters (lactones) is 1. The van der Waals surface area contributed by atoms with Crippen molar-refractivity contribution in [3.8, 4) is 0 Å². The molecule has 1 aliphatic heterocycles. The highest BCUT2D eigenvalue weighted by Gasteiger charge is 2.45. The molecule has 5 heteroatoms. The Bertz CT molecular complexity index is 618. The molecular formula is C17H18Cl2O3. The Morgan fingerprint density at radius 1 is 1.23 bits per heavy atom. The van der Waals surface area contributed by atoms with E-state index in [1.807, 2.05) is 6.08 Å². The number of esters is 1. The number of carbonyl (C=O) groups is 1. The second-order valence-corrected chi connectivity index (χ2v) is 6.79. The molecule has 3 nitrogen and oxygen atoms in total. The summed E-state index contributed by atoms with van der Waals surface area (Å²) in [6.45, 7) is 0. The zero-order chi connectivity index (χ0) is 15.7. The third-order valence-corrected chi connectivity index (χ3v) is 5.10. The van der Waals surface area contributed by atoms with Gasteiger partial charge in [-0.3, -0.25) is 0 Å². The molecule has 1 aromatic carbocycles. The lowest BCUT2D eigenvalue weighted by molar-refractivity contribution is -0.197. The number of hydrogen-bond donors (Lipinski definition) is 0. The largest absolute Gasteiger partial charge is 0.431 e. The molecule has 1 fully saturated rings. The molecule has 3 rings (SSSR count). The molecule has 1 aromatic rings. The monoisotopic (exact) mass is 340 g/mol. The third-order valence-electron chi connectivity index (χ3n) is 4.56. The number of rotatable bonds is 2. The van der Waals surface area contributed by atoms with Gasteiger partial charge in [-0.05, 0) is 25.0 Å². The maximum atomic E-state index is 12.4. The highest BCUT2D eigenvalue weighted by atomic mass is 35.5. The molecule has 1 saturated carbocycles. The fourth-order valence-electron chi connectivity index (χ4n) is 3.46. The van der Waals surface area contributed by atoms with E-state index in [4.69, 9.17) is 32.7 Å². The van der Waals surface area contributed by atoms with Crippen molar-refractivity contribution in [1.29, 1.82) is 0 Å². The zero-order valence-corrected chi connectivity index (χ0v) is 13.9. The van der Waals surface area contributed by atoms with Crippen molar-refractivity contribution in [2.45, 2.75) is 38.4 Å². The maximum absolute atomic E-state index is 12.4. The topological polar surface area (TPSA) is 35.5 Å². The lowest BCUT2D eigenvalue weighted by atomic mass is 9.71. The molecule has 0 aromatic heterocycles. The van der Waals surface area contributed by atoms with Crippen molar-refractivity contribution < 1.29 is 14.3 Å². The molecular weight excluding hydrogens is 323 g/mol. The van der Waals surface area contributed by atoms with Gasteiger partial charge in [0.15, 0.2) is 0 Å². The summed E-state index contributed by atoms with van der Waals surface area (Å²) in [7, 11) is 1.59. The van der Waals surface area contributed by atoms with Crippen molar-refractivity contribution in [2.24, 2.45) is 5.41 Å². The van der Waals surface area contributed by atoms with E-state index in [-0.39, 0.29) is 5.41 Å². The van der Waals surface area contributed by atoms with Gasteiger partial charge in [0.2, 0.25) is 6.29 Å². The minimum atomic E-state index is -0.518. The van der Waals surface area contributed by atoms with Crippen molar-refractivity contribution >= 4 is 34.7 Å². The van der Waals surface area contributed by atoms with Crippen LogP contribution in [0.15, 0.2) is 24.3 Å². The van der Waals surface area contributed by atoms with Gasteiger partial charge >= 0.3 is 5.97 Å². The van der Waals surface area contributed by atoms with Gasteiger partial charge in [-0.1, -0.05) is 54.6 Å². The van der Waals surface area contributed by atoms with Gasteiger partial charge in [-0.25, -0.2) is 4.79 Å². The minimum Gasteiger partial charge on any atom is -0.431 e. The van der Waals surface area contributed by atoms with Crippen LogP contribution in [0.4, 0.5) is 0 Å². The summed E-state index contributed by atoms with van der Waals surface area (Å²) < 4.78 is 11.0. The molecule has 1 heterocycles. The summed E-state index contributed by atoms with van der Waals surface area (Å²) in [5.41, 5.74) is 0.923. The van der Waals surface area contributed by atoms with Gasteiger partial charge in [-0.2, -0.15) is 0 Å². The van der Waals surface area contributed by atoms with Gasteiger partial charge in [-0.15, -0.1) is 0 Å². The third kappa shape index (κ3) is 2.78. The number of halogens is 2. The first-order valence-corrected chi connectivity index (χ1v) is 8.23. The number of methoxy groups -OCH3 is 1. The molecule has 1 unspecified atom stereocenters. The van der Waals surface area contributed by atoms with Crippen LogP contribution in [0.3, 0.4) is 0 Å². The Morgan fingerprint density at radius 3 is 2.59 bits per heavy atom. The molecule has 1 atom stereocenters. The lowest BCUT2D eigenvalue weighted by Gasteiger charge is -2.42. The van der Waals surface area contributed by atoms with Crippen molar-refractivity contribution in [3.05, 3.63) is 39.9 Å². The Kier molecular flexibility index (Phi) is 4.49. The van der Waals surface area contributed by atoms with Crippen LogP contribution in [0.2, 0.25) is 10.0 Å². The second kappa shape index (κ2) is 6.23. The van der Waals surface area contributed by atoms with Crippen LogP contribution in [0, 0.1) is 5.41 Å². The Labute approximate surface area is 140 Å². The average Bonchev–Trinajstić information content (AvgIpc) is 2.51. The van der Waals surface area contributed by atoms with Gasteiger partial charge in [0.1, 0.15) is 0 Å². The van der Waals surface area contributed by atoms with Crippen molar-refractivity contribution in [2.75, 3.05) is 7.11 Å². The smallest absolute Gasteiger partial charge is 0.340 e. The van der Waals surface area contributed by atoms with E-state index < -0.39 is 12.3 Å². The Morgan fingerprint density at radius 2 is 1.95 bits per heavy atom. The van der Waals surface area contributed by atoms with Crippen molar-refractivity contribution in [3.63, 3.8) is 0 Å². The molecule has 1 aliphatic carbocycles. The minimum absolute atomic E-state index is 0.251. The summed E-state index contributed by atoms with van der Waals surface area (Å²) in [5, 5.41) is 0.998. The first-order chi connectivity index (χ1) is 10.6. The summed E-state index contributed by atoms with van der Waals surface area (Å²) in [4.78, 5) is 12.4. The van der Waals surface area contributed by atoms with Crippen LogP contribution < -0.4 is 0 Å². The van der Waals surface area contributed by atoms with Gasteiger partial charge in [0.25, 0.3) is 0 Å². The molecule has 0 N–H and O–H groups in total. The first-order valence-electron chi connectivity index (χ1n) is 7.48. The first kappa shape index (κ1) is 15.9. The molecule has 0 amide bonds. The van der Waals surface area contributed by atoms with E-state index in [0.717, 1.165) is 25.7 Å². The standard InChI is InChI=1S/C17H18Cl2O3/c1-21-16-17(7-3-2-4-8-17)10-13(15(20)22-16)12-6-5-11(18)9-14(12)19/h5-6,9-10,16H,2-4,7-8H2,1H3.